The molecule has 0 saturated heterocycles. The summed E-state index contributed by atoms with van der Waals surface area (Å²) in [6, 6.07) is 27.6. The highest BCUT2D eigenvalue weighted by atomic mass is 32.2. The molecule has 39 heavy (non-hydrogen) atoms. The Hall–Kier alpha value is -4.30. The smallest absolute Gasteiger partial charge is 0.259 e. The van der Waals surface area contributed by atoms with Gasteiger partial charge in [-0.05, 0) is 67.1 Å². The van der Waals surface area contributed by atoms with Crippen LogP contribution in [0.5, 0.6) is 0 Å². The Morgan fingerprint density at radius 2 is 1.64 bits per heavy atom. The quantitative estimate of drug-likeness (QED) is 0.324. The molecule has 2 amide bonds. The number of rotatable bonds is 8. The van der Waals surface area contributed by atoms with Gasteiger partial charge in [-0.1, -0.05) is 42.5 Å². The first-order chi connectivity index (χ1) is 19.0. The average Bonchev–Trinajstić information content (AvgIpc) is 3.06. The molecule has 0 aliphatic carbocycles. The van der Waals surface area contributed by atoms with Crippen molar-refractivity contribution < 1.29 is 18.2 Å². The summed E-state index contributed by atoms with van der Waals surface area (Å²) in [7, 11) is -1.63. The zero-order valence-corrected chi connectivity index (χ0v) is 22.3. The summed E-state index contributed by atoms with van der Waals surface area (Å²) >= 11 is 0. The first kappa shape index (κ1) is 26.3. The third kappa shape index (κ3) is 5.61. The highest BCUT2D eigenvalue weighted by Gasteiger charge is 2.31. The summed E-state index contributed by atoms with van der Waals surface area (Å²) in [6.07, 6.45) is 0. The van der Waals surface area contributed by atoms with E-state index >= 15 is 0 Å². The maximum atomic E-state index is 13.7. The Morgan fingerprint density at radius 1 is 0.923 bits per heavy atom. The zero-order valence-electron chi connectivity index (χ0n) is 21.5. The molecule has 8 heteroatoms. The van der Waals surface area contributed by atoms with Crippen molar-refractivity contribution in [2.45, 2.75) is 23.3 Å². The van der Waals surface area contributed by atoms with E-state index in [-0.39, 0.29) is 24.2 Å². The molecule has 0 aromatic heterocycles. The third-order valence-electron chi connectivity index (χ3n) is 6.70. The number of anilines is 2. The van der Waals surface area contributed by atoms with Gasteiger partial charge in [-0.3, -0.25) is 9.59 Å². The highest BCUT2D eigenvalue weighted by Crippen LogP contribution is 2.36. The molecule has 0 fully saturated rings. The van der Waals surface area contributed by atoms with Crippen LogP contribution in [0.4, 0.5) is 15.8 Å². The van der Waals surface area contributed by atoms with Crippen molar-refractivity contribution in [2.75, 3.05) is 29.4 Å². The first-order valence-electron chi connectivity index (χ1n) is 12.8. The van der Waals surface area contributed by atoms with E-state index in [4.69, 9.17) is 0 Å². The van der Waals surface area contributed by atoms with Crippen LogP contribution in [0.15, 0.2) is 107 Å². The van der Waals surface area contributed by atoms with Gasteiger partial charge in [-0.15, -0.1) is 0 Å². The van der Waals surface area contributed by atoms with Crippen molar-refractivity contribution in [3.8, 4) is 0 Å². The lowest BCUT2D eigenvalue weighted by atomic mass is 10.1. The number of hydrogen-bond donors (Lipinski definition) is 1. The van der Waals surface area contributed by atoms with E-state index in [0.29, 0.717) is 45.3 Å². The topological polar surface area (TPSA) is 69.7 Å². The fourth-order valence-corrected chi connectivity index (χ4v) is 5.99. The zero-order chi connectivity index (χ0) is 27.4. The standard InChI is InChI=1S/C31H28FN3O3S/c1-2-34(25-8-4-3-5-9-25)19-18-33-30(36)23-14-17-29-27(20-23)35(21-22-12-15-24(32)16-13-22)31(37)26-10-6-7-11-28(26)39(29)38/h3-17,20H,2,18-19,21H2,1H3,(H,33,36). The molecular weight excluding hydrogens is 513 g/mol. The second-order valence-corrected chi connectivity index (χ2v) is 10.6. The fraction of sp³-hybridized carbons (Fsp3) is 0.161. The minimum absolute atomic E-state index is 0.130. The molecule has 1 unspecified atom stereocenters. The van der Waals surface area contributed by atoms with Gasteiger partial charge in [-0.25, -0.2) is 8.60 Å². The van der Waals surface area contributed by atoms with E-state index in [2.05, 4.69) is 17.1 Å². The van der Waals surface area contributed by atoms with Gasteiger partial charge in [-0.2, -0.15) is 0 Å². The Bertz CT molecular complexity index is 1530. The SMILES string of the molecule is CCN(CCNC(=O)c1ccc2c(c1)N(Cc1ccc(F)cc1)C(=O)c1ccccc1S2=O)c1ccccc1. The van der Waals surface area contributed by atoms with Crippen molar-refractivity contribution in [3.63, 3.8) is 0 Å². The summed E-state index contributed by atoms with van der Waals surface area (Å²) < 4.78 is 27.1. The number of likely N-dealkylation sites (N-methyl/N-ethyl adjacent to an activating group) is 1. The molecule has 1 aliphatic rings. The van der Waals surface area contributed by atoms with E-state index in [1.807, 2.05) is 30.3 Å². The molecule has 1 atom stereocenters. The summed E-state index contributed by atoms with van der Waals surface area (Å²) in [4.78, 5) is 31.4. The second kappa shape index (κ2) is 11.6. The molecule has 0 radical (unpaired) electrons. The van der Waals surface area contributed by atoms with Crippen LogP contribution in [0, 0.1) is 5.82 Å². The first-order valence-corrected chi connectivity index (χ1v) is 13.9. The summed E-state index contributed by atoms with van der Waals surface area (Å²) in [5.41, 5.74) is 2.87. The molecule has 0 saturated carbocycles. The molecule has 5 rings (SSSR count). The maximum absolute atomic E-state index is 13.7. The molecule has 4 aromatic rings. The summed E-state index contributed by atoms with van der Waals surface area (Å²) in [6.45, 7) is 4.04. The molecule has 6 nitrogen and oxygen atoms in total. The number of hydrogen-bond acceptors (Lipinski definition) is 4. The van der Waals surface area contributed by atoms with Crippen molar-refractivity contribution >= 4 is 34.0 Å². The van der Waals surface area contributed by atoms with E-state index in [0.717, 1.165) is 12.2 Å². The number of nitrogens with one attached hydrogen (secondary N) is 1. The van der Waals surface area contributed by atoms with Gasteiger partial charge in [0, 0.05) is 30.9 Å². The third-order valence-corrected chi connectivity index (χ3v) is 8.20. The Balaban J connectivity index is 1.43. The van der Waals surface area contributed by atoms with E-state index in [1.54, 1.807) is 54.6 Å². The van der Waals surface area contributed by atoms with Crippen LogP contribution in [0.2, 0.25) is 0 Å². The predicted molar refractivity (Wildman–Crippen MR) is 151 cm³/mol. The van der Waals surface area contributed by atoms with Gasteiger partial charge in [0.05, 0.1) is 38.4 Å². The van der Waals surface area contributed by atoms with Crippen LogP contribution in [-0.2, 0) is 17.3 Å². The van der Waals surface area contributed by atoms with Gasteiger partial charge < -0.3 is 15.1 Å². The van der Waals surface area contributed by atoms with E-state index in [1.165, 1.54) is 17.0 Å². The lowest BCUT2D eigenvalue weighted by Gasteiger charge is -2.24. The van der Waals surface area contributed by atoms with Crippen LogP contribution >= 0.6 is 0 Å². The second-order valence-electron chi connectivity index (χ2n) is 9.14. The number of nitrogens with zero attached hydrogens (tertiary/aromatic N) is 2. The number of fused-ring (bicyclic) bond motifs is 2. The van der Waals surface area contributed by atoms with Gasteiger partial charge in [0.15, 0.2) is 0 Å². The normalized spacial score (nSPS) is 14.3. The number of halogens is 1. The molecule has 1 N–H and O–H groups in total. The van der Waals surface area contributed by atoms with Crippen LogP contribution in [-0.4, -0.2) is 35.7 Å². The van der Waals surface area contributed by atoms with Crippen LogP contribution < -0.4 is 15.1 Å². The Kier molecular flexibility index (Phi) is 7.84. The lowest BCUT2D eigenvalue weighted by Crippen LogP contribution is -2.35. The van der Waals surface area contributed by atoms with Crippen LogP contribution in [0.25, 0.3) is 0 Å². The minimum atomic E-state index is -1.63. The van der Waals surface area contributed by atoms with Crippen molar-refractivity contribution in [2.24, 2.45) is 0 Å². The van der Waals surface area contributed by atoms with Crippen molar-refractivity contribution in [1.29, 1.82) is 0 Å². The van der Waals surface area contributed by atoms with E-state index in [9.17, 15) is 18.2 Å². The largest absolute Gasteiger partial charge is 0.370 e. The molecular formula is C31H28FN3O3S. The van der Waals surface area contributed by atoms with Gasteiger partial charge in [0.25, 0.3) is 11.8 Å². The monoisotopic (exact) mass is 541 g/mol. The molecule has 0 bridgehead atoms. The van der Waals surface area contributed by atoms with Crippen LogP contribution in [0.3, 0.4) is 0 Å². The highest BCUT2D eigenvalue weighted by molar-refractivity contribution is 7.85. The molecule has 4 aromatic carbocycles. The number of carbonyl (C=O) groups excluding carboxylic acids is 2. The van der Waals surface area contributed by atoms with E-state index < -0.39 is 10.8 Å². The minimum Gasteiger partial charge on any atom is -0.370 e. The van der Waals surface area contributed by atoms with Gasteiger partial charge in [0.1, 0.15) is 5.82 Å². The van der Waals surface area contributed by atoms with Crippen LogP contribution in [0.1, 0.15) is 33.2 Å². The summed E-state index contributed by atoms with van der Waals surface area (Å²) in [5.74, 6) is -0.995. The predicted octanol–water partition coefficient (Wildman–Crippen LogP) is 5.41. The fourth-order valence-electron chi connectivity index (χ4n) is 4.65. The number of amides is 2. The molecule has 0 spiro atoms. The Morgan fingerprint density at radius 3 is 2.38 bits per heavy atom. The van der Waals surface area contributed by atoms with Crippen molar-refractivity contribution in [1.82, 2.24) is 5.32 Å². The molecule has 1 aliphatic heterocycles. The number of para-hydroxylation sites is 1. The summed E-state index contributed by atoms with van der Waals surface area (Å²) in [5, 5.41) is 2.96. The average molecular weight is 542 g/mol. The number of carbonyl (C=O) groups is 2. The Labute approximate surface area is 229 Å². The van der Waals surface area contributed by atoms with Crippen molar-refractivity contribution in [3.05, 3.63) is 120 Å². The number of benzene rings is 4. The molecule has 198 valence electrons. The maximum Gasteiger partial charge on any atom is 0.259 e. The molecule has 1 heterocycles. The van der Waals surface area contributed by atoms with Gasteiger partial charge in [0.2, 0.25) is 0 Å². The van der Waals surface area contributed by atoms with Gasteiger partial charge >= 0.3 is 0 Å². The lowest BCUT2D eigenvalue weighted by molar-refractivity contribution is 0.0950.